The van der Waals surface area contributed by atoms with E-state index in [1.165, 1.54) is 17.8 Å². The lowest BCUT2D eigenvalue weighted by atomic mass is 9.91. The van der Waals surface area contributed by atoms with Gasteiger partial charge in [0.05, 0.1) is 24.5 Å². The van der Waals surface area contributed by atoms with E-state index in [0.29, 0.717) is 17.5 Å². The number of aromatic nitrogens is 4. The maximum atomic E-state index is 12.0. The Morgan fingerprint density at radius 2 is 1.73 bits per heavy atom. The smallest absolute Gasteiger partial charge is 0.407 e. The van der Waals surface area contributed by atoms with Crippen LogP contribution in [0.5, 0.6) is 5.75 Å². The molecule has 4 aromatic carbocycles. The Hall–Kier alpha value is -5.01. The van der Waals surface area contributed by atoms with Crippen LogP contribution in [0.25, 0.3) is 16.8 Å². The molecule has 6 rings (SSSR count). The molecule has 1 fully saturated rings. The van der Waals surface area contributed by atoms with Gasteiger partial charge in [-0.15, -0.1) is 5.10 Å². The van der Waals surface area contributed by atoms with E-state index in [9.17, 15) is 15.0 Å². The fraction of sp³-hybridized carbons (Fsp3) is 0.243. The van der Waals surface area contributed by atoms with Crippen molar-refractivity contribution in [3.63, 3.8) is 0 Å². The standard InChI is InChI=1S/C37H37N5O6S/c1-3-20-46-37(45)38-21-29-6-4-5-7-32(29)26-12-14-28(15-13-26)35-47-33(24(2)34(48-35)27-10-8-25(22-43)9-11-27)23-49-36-39-40-41-42(36)30-16-18-31(44)19-17-30/h3-19,24,33-35,43-44H,1,20-23H2,2H3,(H,38,45)/t24-,33+,34+,35+/m1/s1. The number of carbonyl (C=O) groups excluding carboxylic acids is 1. The van der Waals surface area contributed by atoms with E-state index in [2.05, 4.69) is 34.3 Å². The van der Waals surface area contributed by atoms with E-state index < -0.39 is 12.4 Å². The van der Waals surface area contributed by atoms with Gasteiger partial charge in [-0.2, -0.15) is 4.68 Å². The third-order valence-corrected chi connectivity index (χ3v) is 9.31. The number of ether oxygens (including phenoxy) is 3. The molecule has 0 aliphatic carbocycles. The minimum Gasteiger partial charge on any atom is -0.508 e. The number of carbonyl (C=O) groups is 1. The molecule has 252 valence electrons. The van der Waals surface area contributed by atoms with Gasteiger partial charge in [0.15, 0.2) is 6.29 Å². The van der Waals surface area contributed by atoms with Gasteiger partial charge in [0, 0.05) is 23.8 Å². The van der Waals surface area contributed by atoms with Gasteiger partial charge in [0.2, 0.25) is 5.16 Å². The van der Waals surface area contributed by atoms with Gasteiger partial charge in [-0.05, 0) is 62.5 Å². The van der Waals surface area contributed by atoms with Gasteiger partial charge in [0.25, 0.3) is 0 Å². The van der Waals surface area contributed by atoms with E-state index in [-0.39, 0.29) is 37.1 Å². The summed E-state index contributed by atoms with van der Waals surface area (Å²) in [6, 6.07) is 30.4. The fourth-order valence-electron chi connectivity index (χ4n) is 5.62. The first-order valence-corrected chi connectivity index (χ1v) is 16.8. The number of hydrogen-bond donors (Lipinski definition) is 3. The summed E-state index contributed by atoms with van der Waals surface area (Å²) in [5, 5.41) is 35.0. The molecule has 1 amide bonds. The van der Waals surface area contributed by atoms with Crippen molar-refractivity contribution in [3.05, 3.63) is 132 Å². The SMILES string of the molecule is C=CCOC(=O)NCc1ccccc1-c1ccc([C@H]2O[C@@H](CSc3nnnn3-c3ccc(O)cc3)[C@@H](C)[C@@H](c3ccc(CO)cc3)O2)cc1. The van der Waals surface area contributed by atoms with Gasteiger partial charge in [0.1, 0.15) is 12.4 Å². The number of phenolic OH excluding ortho intramolecular Hbond substituents is 1. The minimum absolute atomic E-state index is 0.0291. The van der Waals surface area contributed by atoms with E-state index in [0.717, 1.165) is 39.1 Å². The molecular formula is C37H37N5O6S. The van der Waals surface area contributed by atoms with Crippen LogP contribution in [0.3, 0.4) is 0 Å². The Labute approximate surface area is 288 Å². The number of aromatic hydroxyl groups is 1. The number of aliphatic hydroxyl groups is 1. The second-order valence-corrected chi connectivity index (χ2v) is 12.5. The number of rotatable bonds is 12. The van der Waals surface area contributed by atoms with E-state index in [4.69, 9.17) is 14.2 Å². The Bertz CT molecular complexity index is 1850. The number of tetrazole rings is 1. The van der Waals surface area contributed by atoms with Gasteiger partial charge < -0.3 is 29.7 Å². The Kier molecular flexibility index (Phi) is 11.0. The molecule has 49 heavy (non-hydrogen) atoms. The normalized spacial score (nSPS) is 18.9. The Morgan fingerprint density at radius 1 is 1.00 bits per heavy atom. The van der Waals surface area contributed by atoms with Crippen LogP contribution in [0.15, 0.2) is 115 Å². The zero-order valence-corrected chi connectivity index (χ0v) is 27.7. The lowest BCUT2D eigenvalue weighted by Crippen LogP contribution is -2.38. The Morgan fingerprint density at radius 3 is 2.47 bits per heavy atom. The number of amides is 1. The lowest BCUT2D eigenvalue weighted by molar-refractivity contribution is -0.268. The number of alkyl carbamates (subject to hydrolysis) is 1. The highest BCUT2D eigenvalue weighted by Crippen LogP contribution is 2.43. The summed E-state index contributed by atoms with van der Waals surface area (Å²) in [6.07, 6.45) is -0.143. The van der Waals surface area contributed by atoms with Gasteiger partial charge in [-0.1, -0.05) is 104 Å². The van der Waals surface area contributed by atoms with Gasteiger partial charge in [-0.25, -0.2) is 4.79 Å². The molecule has 1 aliphatic heterocycles. The summed E-state index contributed by atoms with van der Waals surface area (Å²) in [5.74, 6) is 0.687. The van der Waals surface area contributed by atoms with Crippen LogP contribution in [0.1, 0.15) is 41.6 Å². The molecule has 11 nitrogen and oxygen atoms in total. The van der Waals surface area contributed by atoms with Crippen molar-refractivity contribution in [1.82, 2.24) is 25.5 Å². The molecular weight excluding hydrogens is 643 g/mol. The van der Waals surface area contributed by atoms with Crippen LogP contribution in [0.4, 0.5) is 4.79 Å². The highest BCUT2D eigenvalue weighted by atomic mass is 32.2. The van der Waals surface area contributed by atoms with Crippen LogP contribution >= 0.6 is 11.8 Å². The average Bonchev–Trinajstić information content (AvgIpc) is 3.62. The average molecular weight is 680 g/mol. The van der Waals surface area contributed by atoms with E-state index in [1.54, 1.807) is 28.9 Å². The predicted molar refractivity (Wildman–Crippen MR) is 185 cm³/mol. The number of hydrogen-bond acceptors (Lipinski definition) is 10. The monoisotopic (exact) mass is 679 g/mol. The first-order valence-electron chi connectivity index (χ1n) is 15.8. The van der Waals surface area contributed by atoms with Crippen LogP contribution < -0.4 is 5.32 Å². The Balaban J connectivity index is 1.22. The number of thioether (sulfide) groups is 1. The highest BCUT2D eigenvalue weighted by Gasteiger charge is 2.38. The molecule has 4 atom stereocenters. The molecule has 3 N–H and O–H groups in total. The molecule has 1 saturated heterocycles. The summed E-state index contributed by atoms with van der Waals surface area (Å²) in [4.78, 5) is 12.0. The maximum Gasteiger partial charge on any atom is 0.407 e. The topological polar surface area (TPSA) is 141 Å². The molecule has 1 aliphatic rings. The van der Waals surface area contributed by atoms with Crippen molar-refractivity contribution >= 4 is 17.9 Å². The molecule has 0 saturated carbocycles. The van der Waals surface area contributed by atoms with Crippen molar-refractivity contribution in [3.8, 4) is 22.6 Å². The quantitative estimate of drug-likeness (QED) is 0.0986. The van der Waals surface area contributed by atoms with Crippen molar-refractivity contribution in [2.75, 3.05) is 12.4 Å². The molecule has 1 aromatic heterocycles. The molecule has 0 radical (unpaired) electrons. The van der Waals surface area contributed by atoms with Crippen LogP contribution in [0, 0.1) is 5.92 Å². The third-order valence-electron chi connectivity index (χ3n) is 8.30. The molecule has 5 aromatic rings. The first kappa shape index (κ1) is 33.9. The molecule has 2 heterocycles. The summed E-state index contributed by atoms with van der Waals surface area (Å²) >= 11 is 1.48. The second kappa shape index (κ2) is 15.9. The van der Waals surface area contributed by atoms with Crippen molar-refractivity contribution in [2.24, 2.45) is 5.92 Å². The maximum absolute atomic E-state index is 12.0. The highest BCUT2D eigenvalue weighted by molar-refractivity contribution is 7.99. The zero-order valence-electron chi connectivity index (χ0n) is 26.9. The fourth-order valence-corrected chi connectivity index (χ4v) is 6.67. The number of nitrogens with one attached hydrogen (secondary N) is 1. The van der Waals surface area contributed by atoms with Crippen LogP contribution in [-0.2, 0) is 27.4 Å². The predicted octanol–water partition coefficient (Wildman–Crippen LogP) is 6.52. The summed E-state index contributed by atoms with van der Waals surface area (Å²) < 4.78 is 20.0. The van der Waals surface area contributed by atoms with E-state index in [1.807, 2.05) is 72.8 Å². The molecule has 0 bridgehead atoms. The van der Waals surface area contributed by atoms with Crippen molar-refractivity contribution < 1.29 is 29.2 Å². The van der Waals surface area contributed by atoms with Crippen LogP contribution in [-0.4, -0.2) is 55.0 Å². The molecule has 0 spiro atoms. The van der Waals surface area contributed by atoms with Crippen molar-refractivity contribution in [1.29, 1.82) is 0 Å². The lowest BCUT2D eigenvalue weighted by Gasteiger charge is -2.41. The second-order valence-electron chi connectivity index (χ2n) is 11.5. The summed E-state index contributed by atoms with van der Waals surface area (Å²) in [5.41, 5.74) is 6.33. The minimum atomic E-state index is -0.650. The zero-order chi connectivity index (χ0) is 34.2. The third kappa shape index (κ3) is 8.18. The molecule has 0 unspecified atom stereocenters. The number of nitrogens with zero attached hydrogens (tertiary/aromatic N) is 4. The van der Waals surface area contributed by atoms with Crippen molar-refractivity contribution in [2.45, 2.75) is 43.7 Å². The summed E-state index contributed by atoms with van der Waals surface area (Å²) in [6.45, 7) is 6.10. The van der Waals surface area contributed by atoms with E-state index >= 15 is 0 Å². The largest absolute Gasteiger partial charge is 0.508 e. The first-order chi connectivity index (χ1) is 23.9. The summed E-state index contributed by atoms with van der Waals surface area (Å²) in [7, 11) is 0. The molecule has 12 heteroatoms. The number of phenols is 1. The van der Waals surface area contributed by atoms with Gasteiger partial charge in [-0.3, -0.25) is 0 Å². The van der Waals surface area contributed by atoms with Gasteiger partial charge >= 0.3 is 6.09 Å². The number of aliphatic hydroxyl groups excluding tert-OH is 1. The number of benzene rings is 4. The van der Waals surface area contributed by atoms with Crippen LogP contribution in [0.2, 0.25) is 0 Å².